The monoisotopic (exact) mass is 244 g/mol. The van der Waals surface area contributed by atoms with E-state index in [1.807, 2.05) is 6.07 Å². The first-order chi connectivity index (χ1) is 8.74. The van der Waals surface area contributed by atoms with Gasteiger partial charge in [-0.2, -0.15) is 0 Å². The van der Waals surface area contributed by atoms with Gasteiger partial charge in [-0.05, 0) is 42.7 Å². The summed E-state index contributed by atoms with van der Waals surface area (Å²) in [6.07, 6.45) is 7.47. The molecule has 2 fully saturated rings. The van der Waals surface area contributed by atoms with Crippen molar-refractivity contribution in [3.05, 3.63) is 35.4 Å². The molecule has 18 heavy (non-hydrogen) atoms. The number of hydrogen-bond acceptors (Lipinski definition) is 1. The molecule has 1 aromatic carbocycles. The average Bonchev–Trinajstić information content (AvgIpc) is 2.77. The van der Waals surface area contributed by atoms with Gasteiger partial charge in [-0.15, -0.1) is 0 Å². The largest absolute Gasteiger partial charge is 0.481 e. The lowest BCUT2D eigenvalue weighted by Gasteiger charge is -2.33. The summed E-state index contributed by atoms with van der Waals surface area (Å²) in [4.78, 5) is 11.8. The van der Waals surface area contributed by atoms with Crippen LogP contribution in [0.5, 0.6) is 0 Å². The summed E-state index contributed by atoms with van der Waals surface area (Å²) < 4.78 is 0. The molecule has 0 aromatic heterocycles. The minimum absolute atomic E-state index is 0.591. The Hall–Kier alpha value is -1.31. The maximum absolute atomic E-state index is 11.8. The molecule has 0 aliphatic heterocycles. The van der Waals surface area contributed by atoms with Crippen LogP contribution in [0.25, 0.3) is 0 Å². The molecule has 96 valence electrons. The van der Waals surface area contributed by atoms with Gasteiger partial charge in [0.25, 0.3) is 0 Å². The number of carbonyl (C=O) groups is 1. The predicted molar refractivity (Wildman–Crippen MR) is 70.8 cm³/mol. The van der Waals surface area contributed by atoms with E-state index in [9.17, 15) is 9.90 Å². The number of carboxylic acid groups (broad SMARTS) is 1. The molecule has 2 nitrogen and oxygen atoms in total. The average molecular weight is 244 g/mol. The van der Waals surface area contributed by atoms with Crippen LogP contribution in [0, 0.1) is 0 Å². The molecule has 2 saturated carbocycles. The minimum Gasteiger partial charge on any atom is -0.481 e. The predicted octanol–water partition coefficient (Wildman–Crippen LogP) is 3.85. The van der Waals surface area contributed by atoms with E-state index in [1.54, 1.807) is 0 Å². The normalized spacial score (nSPS) is 22.7. The van der Waals surface area contributed by atoms with Gasteiger partial charge in [-0.25, -0.2) is 0 Å². The van der Waals surface area contributed by atoms with Crippen LogP contribution in [0.1, 0.15) is 62.0 Å². The van der Waals surface area contributed by atoms with Gasteiger partial charge in [0.15, 0.2) is 0 Å². The van der Waals surface area contributed by atoms with E-state index < -0.39 is 11.4 Å². The zero-order valence-electron chi connectivity index (χ0n) is 10.7. The number of carboxylic acids is 1. The summed E-state index contributed by atoms with van der Waals surface area (Å²) in [7, 11) is 0. The van der Waals surface area contributed by atoms with Crippen LogP contribution in [-0.4, -0.2) is 11.1 Å². The Morgan fingerprint density at radius 3 is 2.33 bits per heavy atom. The van der Waals surface area contributed by atoms with Crippen molar-refractivity contribution in [3.63, 3.8) is 0 Å². The number of hydrogen-bond donors (Lipinski definition) is 1. The first-order valence-electron chi connectivity index (χ1n) is 7.07. The van der Waals surface area contributed by atoms with Crippen molar-refractivity contribution in [3.8, 4) is 0 Å². The van der Waals surface area contributed by atoms with Gasteiger partial charge >= 0.3 is 5.97 Å². The first-order valence-corrected chi connectivity index (χ1v) is 7.07. The SMILES string of the molecule is O=C(O)C1(c2ccccc2C2CCC2)CCCC1. The molecular formula is C16H20O2. The van der Waals surface area contributed by atoms with Crippen molar-refractivity contribution in [1.29, 1.82) is 0 Å². The Labute approximate surface area is 108 Å². The van der Waals surface area contributed by atoms with Crippen LogP contribution < -0.4 is 0 Å². The van der Waals surface area contributed by atoms with Crippen LogP contribution in [0.4, 0.5) is 0 Å². The van der Waals surface area contributed by atoms with Gasteiger partial charge in [-0.1, -0.05) is 43.5 Å². The van der Waals surface area contributed by atoms with Crippen LogP contribution in [0.15, 0.2) is 24.3 Å². The third-order valence-corrected chi connectivity index (χ3v) is 4.89. The third-order valence-electron chi connectivity index (χ3n) is 4.89. The first kappa shape index (κ1) is 11.8. The molecule has 0 atom stereocenters. The molecule has 0 spiro atoms. The minimum atomic E-state index is -0.619. The molecule has 1 aromatic rings. The van der Waals surface area contributed by atoms with Crippen molar-refractivity contribution in [1.82, 2.24) is 0 Å². The van der Waals surface area contributed by atoms with E-state index in [0.717, 1.165) is 31.2 Å². The zero-order valence-corrected chi connectivity index (χ0v) is 10.7. The van der Waals surface area contributed by atoms with Crippen molar-refractivity contribution < 1.29 is 9.90 Å². The molecular weight excluding hydrogens is 224 g/mol. The fraction of sp³-hybridized carbons (Fsp3) is 0.562. The van der Waals surface area contributed by atoms with E-state index in [2.05, 4.69) is 18.2 Å². The van der Waals surface area contributed by atoms with Gasteiger partial charge < -0.3 is 5.11 Å². The summed E-state index contributed by atoms with van der Waals surface area (Å²) >= 11 is 0. The zero-order chi connectivity index (χ0) is 12.6. The molecule has 2 aliphatic rings. The van der Waals surface area contributed by atoms with Crippen LogP contribution in [-0.2, 0) is 10.2 Å². The highest BCUT2D eigenvalue weighted by atomic mass is 16.4. The standard InChI is InChI=1S/C16H20O2/c17-15(18)16(10-3-4-11-16)14-9-2-1-8-13(14)12-6-5-7-12/h1-2,8-9,12H,3-7,10-11H2,(H,17,18). The maximum atomic E-state index is 11.8. The molecule has 0 amide bonds. The lowest BCUT2D eigenvalue weighted by Crippen LogP contribution is -2.34. The topological polar surface area (TPSA) is 37.3 Å². The van der Waals surface area contributed by atoms with Crippen molar-refractivity contribution >= 4 is 5.97 Å². The van der Waals surface area contributed by atoms with Crippen LogP contribution in [0.3, 0.4) is 0 Å². The van der Waals surface area contributed by atoms with Crippen molar-refractivity contribution in [2.75, 3.05) is 0 Å². The second-order valence-corrected chi connectivity index (χ2v) is 5.81. The smallest absolute Gasteiger partial charge is 0.314 e. The fourth-order valence-corrected chi connectivity index (χ4v) is 3.59. The highest BCUT2D eigenvalue weighted by molar-refractivity contribution is 5.82. The van der Waals surface area contributed by atoms with Crippen LogP contribution >= 0.6 is 0 Å². The lowest BCUT2D eigenvalue weighted by atomic mass is 9.70. The van der Waals surface area contributed by atoms with Gasteiger partial charge in [0.1, 0.15) is 0 Å². The quantitative estimate of drug-likeness (QED) is 0.876. The number of benzene rings is 1. The van der Waals surface area contributed by atoms with E-state index >= 15 is 0 Å². The Morgan fingerprint density at radius 2 is 1.78 bits per heavy atom. The van der Waals surface area contributed by atoms with E-state index in [4.69, 9.17) is 0 Å². The van der Waals surface area contributed by atoms with Gasteiger partial charge in [0.2, 0.25) is 0 Å². The maximum Gasteiger partial charge on any atom is 0.314 e. The highest BCUT2D eigenvalue weighted by Crippen LogP contribution is 2.47. The Balaban J connectivity index is 2.06. The van der Waals surface area contributed by atoms with Crippen LogP contribution in [0.2, 0.25) is 0 Å². The summed E-state index contributed by atoms with van der Waals surface area (Å²) in [6.45, 7) is 0. The van der Waals surface area contributed by atoms with Gasteiger partial charge in [-0.3, -0.25) is 4.79 Å². The summed E-state index contributed by atoms with van der Waals surface area (Å²) in [6, 6.07) is 8.28. The highest BCUT2D eigenvalue weighted by Gasteiger charge is 2.44. The van der Waals surface area contributed by atoms with Crippen molar-refractivity contribution in [2.24, 2.45) is 0 Å². The summed E-state index contributed by atoms with van der Waals surface area (Å²) in [5.74, 6) is -0.00945. The molecule has 1 N–H and O–H groups in total. The summed E-state index contributed by atoms with van der Waals surface area (Å²) in [5, 5.41) is 9.71. The summed E-state index contributed by atoms with van der Waals surface area (Å²) in [5.41, 5.74) is 1.83. The molecule has 3 rings (SSSR count). The molecule has 0 heterocycles. The Bertz CT molecular complexity index is 454. The second kappa shape index (κ2) is 4.42. The molecule has 0 bridgehead atoms. The van der Waals surface area contributed by atoms with Crippen molar-refractivity contribution in [2.45, 2.75) is 56.3 Å². The molecule has 0 unspecified atom stereocenters. The van der Waals surface area contributed by atoms with E-state index in [1.165, 1.54) is 24.8 Å². The molecule has 2 aliphatic carbocycles. The number of aliphatic carboxylic acids is 1. The number of rotatable bonds is 3. The lowest BCUT2D eigenvalue weighted by molar-refractivity contribution is -0.143. The van der Waals surface area contributed by atoms with E-state index in [0.29, 0.717) is 5.92 Å². The Morgan fingerprint density at radius 1 is 1.11 bits per heavy atom. The van der Waals surface area contributed by atoms with E-state index in [-0.39, 0.29) is 0 Å². The second-order valence-electron chi connectivity index (χ2n) is 5.81. The Kier molecular flexibility index (Phi) is 2.89. The molecule has 0 saturated heterocycles. The fourth-order valence-electron chi connectivity index (χ4n) is 3.59. The molecule has 0 radical (unpaired) electrons. The van der Waals surface area contributed by atoms with Gasteiger partial charge in [0, 0.05) is 0 Å². The third kappa shape index (κ3) is 1.66. The molecule has 2 heteroatoms. The van der Waals surface area contributed by atoms with Gasteiger partial charge in [0.05, 0.1) is 5.41 Å².